The number of nitrogens with zero attached hydrogens (tertiary/aromatic N) is 2. The van der Waals surface area contributed by atoms with Gasteiger partial charge in [0.2, 0.25) is 5.91 Å². The van der Waals surface area contributed by atoms with Crippen LogP contribution in [0.4, 0.5) is 0 Å². The standard InChI is InChI=1S/C15H27N3O3/c1-10(2)8-18-12(4)14(11(3)17-18)6-15(20)16-7-13(19)9-21-5/h10,13,19H,6-9H2,1-5H3,(H,16,20). The highest BCUT2D eigenvalue weighted by molar-refractivity contribution is 5.79. The molecule has 1 amide bonds. The normalized spacial score (nSPS) is 12.7. The summed E-state index contributed by atoms with van der Waals surface area (Å²) in [6.45, 7) is 9.45. The van der Waals surface area contributed by atoms with Crippen molar-refractivity contribution in [2.45, 2.75) is 46.8 Å². The van der Waals surface area contributed by atoms with Crippen LogP contribution < -0.4 is 5.32 Å². The summed E-state index contributed by atoms with van der Waals surface area (Å²) < 4.78 is 6.78. The summed E-state index contributed by atoms with van der Waals surface area (Å²) in [5.74, 6) is 0.398. The average molecular weight is 297 g/mol. The van der Waals surface area contributed by atoms with Gasteiger partial charge in [-0.1, -0.05) is 13.8 Å². The molecule has 0 spiro atoms. The summed E-state index contributed by atoms with van der Waals surface area (Å²) in [5, 5.41) is 16.7. The molecule has 1 atom stereocenters. The van der Waals surface area contributed by atoms with Gasteiger partial charge in [0, 0.05) is 31.5 Å². The molecule has 120 valence electrons. The van der Waals surface area contributed by atoms with Crippen LogP contribution in [0, 0.1) is 19.8 Å². The molecule has 1 rings (SSSR count). The topological polar surface area (TPSA) is 76.4 Å². The lowest BCUT2D eigenvalue weighted by atomic mass is 10.1. The Morgan fingerprint density at radius 3 is 2.67 bits per heavy atom. The van der Waals surface area contributed by atoms with Crippen molar-refractivity contribution in [1.29, 1.82) is 0 Å². The van der Waals surface area contributed by atoms with E-state index in [0.29, 0.717) is 5.92 Å². The number of amides is 1. The largest absolute Gasteiger partial charge is 0.389 e. The van der Waals surface area contributed by atoms with Crippen LogP contribution in [0.3, 0.4) is 0 Å². The van der Waals surface area contributed by atoms with Crippen molar-refractivity contribution in [2.75, 3.05) is 20.3 Å². The van der Waals surface area contributed by atoms with Crippen molar-refractivity contribution < 1.29 is 14.6 Å². The number of rotatable bonds is 8. The van der Waals surface area contributed by atoms with Crippen LogP contribution in [0.5, 0.6) is 0 Å². The summed E-state index contributed by atoms with van der Waals surface area (Å²) in [6, 6.07) is 0. The molecule has 0 fully saturated rings. The highest BCUT2D eigenvalue weighted by Crippen LogP contribution is 2.15. The van der Waals surface area contributed by atoms with Gasteiger partial charge in [-0.25, -0.2) is 0 Å². The number of nitrogens with one attached hydrogen (secondary N) is 1. The molecular formula is C15H27N3O3. The molecular weight excluding hydrogens is 270 g/mol. The smallest absolute Gasteiger partial charge is 0.224 e. The van der Waals surface area contributed by atoms with Crippen molar-refractivity contribution in [2.24, 2.45) is 5.92 Å². The zero-order valence-electron chi connectivity index (χ0n) is 13.6. The monoisotopic (exact) mass is 297 g/mol. The van der Waals surface area contributed by atoms with Gasteiger partial charge in [-0.2, -0.15) is 5.10 Å². The summed E-state index contributed by atoms with van der Waals surface area (Å²) in [5.41, 5.74) is 2.89. The second-order valence-corrected chi connectivity index (χ2v) is 5.82. The molecule has 0 saturated carbocycles. The molecule has 0 bridgehead atoms. The van der Waals surface area contributed by atoms with Gasteiger partial charge in [0.15, 0.2) is 0 Å². The van der Waals surface area contributed by atoms with E-state index < -0.39 is 6.10 Å². The van der Waals surface area contributed by atoms with Crippen molar-refractivity contribution in [3.63, 3.8) is 0 Å². The van der Waals surface area contributed by atoms with E-state index in [-0.39, 0.29) is 25.5 Å². The number of aliphatic hydroxyl groups excluding tert-OH is 1. The van der Waals surface area contributed by atoms with Crippen molar-refractivity contribution in [1.82, 2.24) is 15.1 Å². The maximum Gasteiger partial charge on any atom is 0.224 e. The van der Waals surface area contributed by atoms with Gasteiger partial charge in [0.05, 0.1) is 24.8 Å². The number of carbonyl (C=O) groups excluding carboxylic acids is 1. The first-order valence-electron chi connectivity index (χ1n) is 7.31. The molecule has 0 aliphatic heterocycles. The van der Waals surface area contributed by atoms with Crippen LogP contribution >= 0.6 is 0 Å². The first-order valence-corrected chi connectivity index (χ1v) is 7.31. The number of hydrogen-bond donors (Lipinski definition) is 2. The lowest BCUT2D eigenvalue weighted by molar-refractivity contribution is -0.121. The van der Waals surface area contributed by atoms with E-state index in [1.54, 1.807) is 0 Å². The SMILES string of the molecule is COCC(O)CNC(=O)Cc1c(C)nn(CC(C)C)c1C. The molecule has 0 aliphatic carbocycles. The van der Waals surface area contributed by atoms with Gasteiger partial charge in [-0.15, -0.1) is 0 Å². The van der Waals surface area contributed by atoms with Crippen LogP contribution in [0.15, 0.2) is 0 Å². The fourth-order valence-corrected chi connectivity index (χ4v) is 2.22. The molecule has 1 unspecified atom stereocenters. The molecule has 6 heteroatoms. The van der Waals surface area contributed by atoms with Gasteiger partial charge in [-0.05, 0) is 19.8 Å². The molecule has 1 heterocycles. The Balaban J connectivity index is 2.62. The zero-order chi connectivity index (χ0) is 16.0. The van der Waals surface area contributed by atoms with E-state index in [0.717, 1.165) is 23.5 Å². The predicted octanol–water partition coefficient (Wildman–Crippen LogP) is 0.822. The quantitative estimate of drug-likeness (QED) is 0.745. The van der Waals surface area contributed by atoms with Crippen LogP contribution in [-0.4, -0.2) is 47.2 Å². The lowest BCUT2D eigenvalue weighted by Crippen LogP contribution is -2.35. The van der Waals surface area contributed by atoms with Crippen LogP contribution in [0.2, 0.25) is 0 Å². The maximum atomic E-state index is 12.0. The fraction of sp³-hybridized carbons (Fsp3) is 0.733. The number of aliphatic hydroxyl groups is 1. The minimum atomic E-state index is -0.676. The van der Waals surface area contributed by atoms with E-state index in [1.807, 2.05) is 18.5 Å². The number of carbonyl (C=O) groups is 1. The second kappa shape index (κ2) is 8.14. The van der Waals surface area contributed by atoms with Crippen LogP contribution in [0.1, 0.15) is 30.8 Å². The number of aromatic nitrogens is 2. The number of methoxy groups -OCH3 is 1. The van der Waals surface area contributed by atoms with E-state index in [9.17, 15) is 9.90 Å². The third-order valence-corrected chi connectivity index (χ3v) is 3.30. The minimum Gasteiger partial charge on any atom is -0.389 e. The second-order valence-electron chi connectivity index (χ2n) is 5.82. The molecule has 0 aliphatic rings. The maximum absolute atomic E-state index is 12.0. The van der Waals surface area contributed by atoms with Crippen molar-refractivity contribution >= 4 is 5.91 Å². The highest BCUT2D eigenvalue weighted by atomic mass is 16.5. The third kappa shape index (κ3) is 5.47. The van der Waals surface area contributed by atoms with E-state index in [4.69, 9.17) is 4.74 Å². The molecule has 0 radical (unpaired) electrons. The predicted molar refractivity (Wildman–Crippen MR) is 81.1 cm³/mol. The van der Waals surface area contributed by atoms with Gasteiger partial charge < -0.3 is 15.2 Å². The Morgan fingerprint density at radius 2 is 2.10 bits per heavy atom. The third-order valence-electron chi connectivity index (χ3n) is 3.30. The van der Waals surface area contributed by atoms with Crippen LogP contribution in [-0.2, 0) is 22.5 Å². The van der Waals surface area contributed by atoms with Crippen molar-refractivity contribution in [3.05, 3.63) is 17.0 Å². The molecule has 21 heavy (non-hydrogen) atoms. The molecule has 1 aromatic heterocycles. The first-order chi connectivity index (χ1) is 9.85. The van der Waals surface area contributed by atoms with E-state index in [2.05, 4.69) is 24.3 Å². The highest BCUT2D eigenvalue weighted by Gasteiger charge is 2.16. The minimum absolute atomic E-state index is 0.111. The number of ether oxygens (including phenoxy) is 1. The fourth-order valence-electron chi connectivity index (χ4n) is 2.22. The van der Waals surface area contributed by atoms with Gasteiger partial charge in [0.1, 0.15) is 0 Å². The summed E-state index contributed by atoms with van der Waals surface area (Å²) in [4.78, 5) is 12.0. The van der Waals surface area contributed by atoms with E-state index >= 15 is 0 Å². The van der Waals surface area contributed by atoms with Gasteiger partial charge in [0.25, 0.3) is 0 Å². The zero-order valence-corrected chi connectivity index (χ0v) is 13.6. The molecule has 0 aromatic carbocycles. The molecule has 6 nitrogen and oxygen atoms in total. The Morgan fingerprint density at radius 1 is 1.43 bits per heavy atom. The van der Waals surface area contributed by atoms with E-state index in [1.165, 1.54) is 7.11 Å². The Kier molecular flexibility index (Phi) is 6.84. The summed E-state index contributed by atoms with van der Waals surface area (Å²) in [6.07, 6.45) is -0.389. The average Bonchev–Trinajstić information content (AvgIpc) is 2.64. The summed E-state index contributed by atoms with van der Waals surface area (Å²) >= 11 is 0. The van der Waals surface area contributed by atoms with Crippen LogP contribution in [0.25, 0.3) is 0 Å². The number of hydrogen-bond acceptors (Lipinski definition) is 4. The Hall–Kier alpha value is -1.40. The Labute approximate surface area is 126 Å². The van der Waals surface area contributed by atoms with Gasteiger partial charge in [-0.3, -0.25) is 9.48 Å². The number of aryl methyl sites for hydroxylation is 1. The molecule has 2 N–H and O–H groups in total. The first kappa shape index (κ1) is 17.7. The molecule has 1 aromatic rings. The molecule has 0 saturated heterocycles. The van der Waals surface area contributed by atoms with Crippen molar-refractivity contribution in [3.8, 4) is 0 Å². The Bertz CT molecular complexity index is 469. The lowest BCUT2D eigenvalue weighted by Gasteiger charge is -2.11. The summed E-state index contributed by atoms with van der Waals surface area (Å²) in [7, 11) is 1.51. The van der Waals surface area contributed by atoms with Gasteiger partial charge >= 0.3 is 0 Å².